The number of rotatable bonds is 4. The zero-order valence-electron chi connectivity index (χ0n) is 15.0. The summed E-state index contributed by atoms with van der Waals surface area (Å²) in [4.78, 5) is 13.1. The normalized spacial score (nSPS) is 11.0. The van der Waals surface area contributed by atoms with Gasteiger partial charge in [0.1, 0.15) is 18.0 Å². The molecule has 0 aliphatic rings. The maximum Gasteiger partial charge on any atom is 0.235 e. The van der Waals surface area contributed by atoms with E-state index in [4.69, 9.17) is 20.8 Å². The number of aryl methyl sites for hydroxylation is 1. The fraction of sp³-hybridized carbons (Fsp3) is 0.0870. The third-order valence-corrected chi connectivity index (χ3v) is 4.66. The number of fused-ring (bicyclic) bond motifs is 1. The molecule has 1 aromatic heterocycles. The van der Waals surface area contributed by atoms with Crippen molar-refractivity contribution >= 4 is 22.6 Å². The molecule has 0 spiro atoms. The van der Waals surface area contributed by atoms with Crippen molar-refractivity contribution in [1.29, 1.82) is 0 Å². The van der Waals surface area contributed by atoms with E-state index in [-0.39, 0.29) is 23.6 Å². The Labute approximate surface area is 166 Å². The van der Waals surface area contributed by atoms with Crippen LogP contribution in [0.1, 0.15) is 11.1 Å². The molecular formula is C23H16ClFO3. The predicted molar refractivity (Wildman–Crippen MR) is 108 cm³/mol. The maximum atomic E-state index is 13.1. The molecule has 0 amide bonds. The van der Waals surface area contributed by atoms with Gasteiger partial charge in [-0.05, 0) is 61.0 Å². The summed E-state index contributed by atoms with van der Waals surface area (Å²) in [5.41, 5.74) is 2.60. The van der Waals surface area contributed by atoms with E-state index in [9.17, 15) is 9.18 Å². The third-order valence-electron chi connectivity index (χ3n) is 4.41. The monoisotopic (exact) mass is 394 g/mol. The molecule has 1 heterocycles. The van der Waals surface area contributed by atoms with E-state index in [2.05, 4.69) is 0 Å². The highest BCUT2D eigenvalue weighted by Crippen LogP contribution is 2.32. The lowest BCUT2D eigenvalue weighted by atomic mass is 10.1. The summed E-state index contributed by atoms with van der Waals surface area (Å²) in [5, 5.41) is 1.03. The molecule has 4 rings (SSSR count). The van der Waals surface area contributed by atoms with Gasteiger partial charge in [-0.3, -0.25) is 4.79 Å². The molecule has 4 aromatic rings. The van der Waals surface area contributed by atoms with Gasteiger partial charge in [-0.1, -0.05) is 35.4 Å². The summed E-state index contributed by atoms with van der Waals surface area (Å²) in [7, 11) is 0. The zero-order chi connectivity index (χ0) is 19.7. The van der Waals surface area contributed by atoms with Crippen LogP contribution in [0, 0.1) is 12.7 Å². The second-order valence-corrected chi connectivity index (χ2v) is 6.95. The molecule has 0 saturated heterocycles. The molecule has 0 unspecified atom stereocenters. The fourth-order valence-corrected chi connectivity index (χ4v) is 3.08. The van der Waals surface area contributed by atoms with E-state index in [0.717, 1.165) is 11.1 Å². The SMILES string of the molecule is Cc1ccc2oc(-c3ccc(Cl)cc3)c(OCc3ccc(F)cc3)c(=O)c2c1. The Morgan fingerprint density at radius 3 is 2.43 bits per heavy atom. The molecule has 5 heteroatoms. The lowest BCUT2D eigenvalue weighted by Crippen LogP contribution is -2.10. The van der Waals surface area contributed by atoms with Crippen LogP contribution in [0.25, 0.3) is 22.3 Å². The lowest BCUT2D eigenvalue weighted by Gasteiger charge is -2.12. The second-order valence-electron chi connectivity index (χ2n) is 6.51. The highest BCUT2D eigenvalue weighted by atomic mass is 35.5. The number of hydrogen-bond acceptors (Lipinski definition) is 3. The molecule has 0 aliphatic carbocycles. The first-order chi connectivity index (χ1) is 13.5. The van der Waals surface area contributed by atoms with Crippen LogP contribution < -0.4 is 10.2 Å². The minimum absolute atomic E-state index is 0.114. The van der Waals surface area contributed by atoms with Crippen molar-refractivity contribution in [3.05, 3.63) is 98.9 Å². The van der Waals surface area contributed by atoms with E-state index in [1.165, 1.54) is 12.1 Å². The van der Waals surface area contributed by atoms with Gasteiger partial charge < -0.3 is 9.15 Å². The Kier molecular flexibility index (Phi) is 4.88. The Bertz CT molecular complexity index is 1200. The average Bonchev–Trinajstić information content (AvgIpc) is 2.69. The summed E-state index contributed by atoms with van der Waals surface area (Å²) < 4.78 is 25.0. The topological polar surface area (TPSA) is 39.4 Å². The molecular weight excluding hydrogens is 379 g/mol. The Morgan fingerprint density at radius 1 is 1.00 bits per heavy atom. The molecule has 28 heavy (non-hydrogen) atoms. The molecule has 140 valence electrons. The number of hydrogen-bond donors (Lipinski definition) is 0. The summed E-state index contributed by atoms with van der Waals surface area (Å²) in [6, 6.07) is 18.4. The van der Waals surface area contributed by atoms with E-state index in [1.54, 1.807) is 48.5 Å². The van der Waals surface area contributed by atoms with Crippen LogP contribution in [0.4, 0.5) is 4.39 Å². The zero-order valence-corrected chi connectivity index (χ0v) is 15.8. The number of benzene rings is 3. The van der Waals surface area contributed by atoms with Gasteiger partial charge in [-0.25, -0.2) is 4.39 Å². The number of ether oxygens (including phenoxy) is 1. The highest BCUT2D eigenvalue weighted by Gasteiger charge is 2.18. The first-order valence-electron chi connectivity index (χ1n) is 8.72. The quantitative estimate of drug-likeness (QED) is 0.417. The van der Waals surface area contributed by atoms with Crippen LogP contribution in [0.2, 0.25) is 5.02 Å². The van der Waals surface area contributed by atoms with Gasteiger partial charge in [0.15, 0.2) is 5.76 Å². The van der Waals surface area contributed by atoms with E-state index in [0.29, 0.717) is 27.3 Å². The van der Waals surface area contributed by atoms with Crippen molar-refractivity contribution in [2.45, 2.75) is 13.5 Å². The first kappa shape index (κ1) is 18.3. The van der Waals surface area contributed by atoms with Crippen LogP contribution in [0.3, 0.4) is 0 Å². The van der Waals surface area contributed by atoms with Crippen molar-refractivity contribution in [1.82, 2.24) is 0 Å². The smallest absolute Gasteiger partial charge is 0.235 e. The largest absolute Gasteiger partial charge is 0.481 e. The standard InChI is InChI=1S/C23H16ClFO3/c1-14-2-11-20-19(12-14)21(26)23(27-13-15-3-9-18(25)10-4-15)22(28-20)16-5-7-17(24)8-6-16/h2-12H,13H2,1H3. The fourth-order valence-electron chi connectivity index (χ4n) is 2.95. The first-order valence-corrected chi connectivity index (χ1v) is 9.10. The van der Waals surface area contributed by atoms with Gasteiger partial charge in [-0.15, -0.1) is 0 Å². The second kappa shape index (κ2) is 7.49. The van der Waals surface area contributed by atoms with Crippen molar-refractivity contribution < 1.29 is 13.5 Å². The minimum atomic E-state index is -0.328. The minimum Gasteiger partial charge on any atom is -0.481 e. The van der Waals surface area contributed by atoms with Gasteiger partial charge in [0.05, 0.1) is 5.39 Å². The Morgan fingerprint density at radius 2 is 1.71 bits per heavy atom. The average molecular weight is 395 g/mol. The predicted octanol–water partition coefficient (Wildman–Crippen LogP) is 6.14. The van der Waals surface area contributed by atoms with Crippen LogP contribution in [-0.4, -0.2) is 0 Å². The molecule has 0 aliphatic heterocycles. The van der Waals surface area contributed by atoms with E-state index >= 15 is 0 Å². The van der Waals surface area contributed by atoms with Gasteiger partial charge in [0.2, 0.25) is 11.2 Å². The van der Waals surface area contributed by atoms with E-state index in [1.807, 2.05) is 13.0 Å². The lowest BCUT2D eigenvalue weighted by molar-refractivity contribution is 0.297. The molecule has 3 nitrogen and oxygen atoms in total. The highest BCUT2D eigenvalue weighted by molar-refractivity contribution is 6.30. The van der Waals surface area contributed by atoms with Crippen molar-refractivity contribution in [2.75, 3.05) is 0 Å². The summed E-state index contributed by atoms with van der Waals surface area (Å²) in [5.74, 6) is 0.121. The van der Waals surface area contributed by atoms with Crippen LogP contribution in [0.15, 0.2) is 75.9 Å². The molecule has 0 radical (unpaired) electrons. The maximum absolute atomic E-state index is 13.1. The molecule has 0 bridgehead atoms. The molecule has 0 N–H and O–H groups in total. The van der Waals surface area contributed by atoms with Gasteiger partial charge in [0.25, 0.3) is 0 Å². The molecule has 3 aromatic carbocycles. The van der Waals surface area contributed by atoms with Crippen LogP contribution >= 0.6 is 11.6 Å². The third kappa shape index (κ3) is 3.64. The van der Waals surface area contributed by atoms with Gasteiger partial charge >= 0.3 is 0 Å². The summed E-state index contributed by atoms with van der Waals surface area (Å²) in [6.07, 6.45) is 0. The van der Waals surface area contributed by atoms with Crippen LogP contribution in [-0.2, 0) is 6.61 Å². The molecule has 0 atom stereocenters. The van der Waals surface area contributed by atoms with Crippen molar-refractivity contribution in [3.8, 4) is 17.1 Å². The van der Waals surface area contributed by atoms with Gasteiger partial charge in [0, 0.05) is 10.6 Å². The Balaban J connectivity index is 1.84. The van der Waals surface area contributed by atoms with Crippen molar-refractivity contribution in [3.63, 3.8) is 0 Å². The summed E-state index contributed by atoms with van der Waals surface area (Å²) in [6.45, 7) is 2.02. The van der Waals surface area contributed by atoms with Crippen molar-refractivity contribution in [2.24, 2.45) is 0 Å². The molecule has 0 saturated carbocycles. The Hall–Kier alpha value is -3.11. The van der Waals surface area contributed by atoms with Crippen LogP contribution in [0.5, 0.6) is 5.75 Å². The van der Waals surface area contributed by atoms with E-state index < -0.39 is 0 Å². The molecule has 0 fully saturated rings. The summed E-state index contributed by atoms with van der Waals surface area (Å²) >= 11 is 5.98. The van der Waals surface area contributed by atoms with Gasteiger partial charge in [-0.2, -0.15) is 0 Å². The number of halogens is 2.